The summed E-state index contributed by atoms with van der Waals surface area (Å²) in [6, 6.07) is 5.14. The summed E-state index contributed by atoms with van der Waals surface area (Å²) in [7, 11) is 0. The lowest BCUT2D eigenvalue weighted by atomic mass is 10.4. The van der Waals surface area contributed by atoms with Crippen LogP contribution in [0.25, 0.3) is 0 Å². The van der Waals surface area contributed by atoms with Gasteiger partial charge in [-0.05, 0) is 26.0 Å². The van der Waals surface area contributed by atoms with Crippen LogP contribution in [-0.2, 0) is 4.79 Å². The van der Waals surface area contributed by atoms with Crippen molar-refractivity contribution in [2.24, 2.45) is 0 Å². The Bertz CT molecular complexity index is 588. The molecule has 1 N–H and O–H groups in total. The lowest BCUT2D eigenvalue weighted by Crippen LogP contribution is -2.22. The summed E-state index contributed by atoms with van der Waals surface area (Å²) in [5.74, 6) is 0.143. The van der Waals surface area contributed by atoms with E-state index in [9.17, 15) is 4.79 Å². The van der Waals surface area contributed by atoms with Crippen LogP contribution < -0.4 is 5.32 Å². The van der Waals surface area contributed by atoms with Crippen molar-refractivity contribution < 1.29 is 9.32 Å². The van der Waals surface area contributed by atoms with Gasteiger partial charge in [0.15, 0.2) is 0 Å². The highest BCUT2D eigenvalue weighted by Crippen LogP contribution is 2.28. The maximum atomic E-state index is 11.9. The van der Waals surface area contributed by atoms with Crippen LogP contribution in [0.2, 0.25) is 5.02 Å². The molecule has 0 aliphatic carbocycles. The highest BCUT2D eigenvalue weighted by atomic mass is 35.5. The predicted molar refractivity (Wildman–Crippen MR) is 74.4 cm³/mol. The van der Waals surface area contributed by atoms with Crippen molar-refractivity contribution in [1.29, 1.82) is 0 Å². The van der Waals surface area contributed by atoms with Crippen molar-refractivity contribution in [3.05, 3.63) is 35.1 Å². The number of nitrogens with one attached hydrogen (secondary N) is 1. The van der Waals surface area contributed by atoms with E-state index in [0.29, 0.717) is 21.6 Å². The summed E-state index contributed by atoms with van der Waals surface area (Å²) < 4.78 is 4.93. The smallest absolute Gasteiger partial charge is 0.240 e. The molecule has 0 saturated heterocycles. The first-order valence-electron chi connectivity index (χ1n) is 5.57. The van der Waals surface area contributed by atoms with Crippen molar-refractivity contribution in [3.63, 3.8) is 0 Å². The summed E-state index contributed by atoms with van der Waals surface area (Å²) in [6.45, 7) is 3.55. The zero-order valence-corrected chi connectivity index (χ0v) is 12.0. The molecule has 0 spiro atoms. The number of hydrogen-bond donors (Lipinski definition) is 1. The van der Waals surface area contributed by atoms with Gasteiger partial charge in [-0.15, -0.1) is 0 Å². The van der Waals surface area contributed by atoms with Crippen molar-refractivity contribution >= 4 is 35.2 Å². The third-order valence-corrected chi connectivity index (χ3v) is 3.79. The molecule has 0 radical (unpaired) electrons. The average Bonchev–Trinajstić information content (AvgIpc) is 2.77. The third kappa shape index (κ3) is 3.71. The predicted octanol–water partition coefficient (Wildman–Crippen LogP) is 3.15. The second-order valence-electron chi connectivity index (χ2n) is 3.87. The number of halogens is 1. The Kier molecular flexibility index (Phi) is 4.44. The number of aryl methyl sites for hydroxylation is 1. The number of carbonyl (C=O) groups excluding carboxylic acids is 1. The van der Waals surface area contributed by atoms with E-state index in [-0.39, 0.29) is 11.2 Å². The van der Waals surface area contributed by atoms with E-state index in [1.807, 2.05) is 0 Å². The maximum absolute atomic E-state index is 11.9. The molecule has 5 nitrogen and oxygen atoms in total. The van der Waals surface area contributed by atoms with Crippen LogP contribution in [-0.4, -0.2) is 21.3 Å². The van der Waals surface area contributed by atoms with Gasteiger partial charge in [-0.2, -0.15) is 0 Å². The van der Waals surface area contributed by atoms with E-state index in [4.69, 9.17) is 16.1 Å². The van der Waals surface area contributed by atoms with Crippen LogP contribution in [0, 0.1) is 6.92 Å². The number of hydrogen-bond acceptors (Lipinski definition) is 5. The summed E-state index contributed by atoms with van der Waals surface area (Å²) in [5, 5.41) is 7.15. The van der Waals surface area contributed by atoms with Crippen LogP contribution in [0.4, 0.5) is 5.88 Å². The van der Waals surface area contributed by atoms with Crippen LogP contribution in [0.15, 0.2) is 33.9 Å². The Morgan fingerprint density at radius 2 is 2.37 bits per heavy atom. The summed E-state index contributed by atoms with van der Waals surface area (Å²) in [6.07, 6.45) is 1.64. The van der Waals surface area contributed by atoms with Crippen molar-refractivity contribution in [1.82, 2.24) is 10.1 Å². The highest BCUT2D eigenvalue weighted by Gasteiger charge is 2.18. The normalized spacial score (nSPS) is 12.2. The topological polar surface area (TPSA) is 68.0 Å². The molecule has 1 atom stereocenters. The number of nitrogens with zero attached hydrogens (tertiary/aromatic N) is 2. The van der Waals surface area contributed by atoms with Crippen LogP contribution in [0.3, 0.4) is 0 Å². The van der Waals surface area contributed by atoms with Crippen molar-refractivity contribution in [2.75, 3.05) is 5.32 Å². The van der Waals surface area contributed by atoms with Gasteiger partial charge in [0.05, 0.1) is 16.0 Å². The Morgan fingerprint density at radius 3 is 3.00 bits per heavy atom. The number of rotatable bonds is 4. The molecule has 0 aliphatic heterocycles. The van der Waals surface area contributed by atoms with E-state index in [1.54, 1.807) is 38.2 Å². The quantitative estimate of drug-likeness (QED) is 0.878. The Hall–Kier alpha value is -1.53. The van der Waals surface area contributed by atoms with E-state index in [2.05, 4.69) is 15.5 Å². The summed E-state index contributed by atoms with van der Waals surface area (Å²) in [4.78, 5) is 16.1. The molecule has 1 unspecified atom stereocenters. The monoisotopic (exact) mass is 297 g/mol. The fourth-order valence-electron chi connectivity index (χ4n) is 1.32. The first-order chi connectivity index (χ1) is 9.06. The number of anilines is 1. The average molecular weight is 298 g/mol. The van der Waals surface area contributed by atoms with Gasteiger partial charge in [0, 0.05) is 12.3 Å². The van der Waals surface area contributed by atoms with Crippen molar-refractivity contribution in [3.8, 4) is 0 Å². The van der Waals surface area contributed by atoms with Crippen molar-refractivity contribution in [2.45, 2.75) is 24.1 Å². The van der Waals surface area contributed by atoms with Crippen LogP contribution in [0.1, 0.15) is 12.6 Å². The lowest BCUT2D eigenvalue weighted by Gasteiger charge is -2.10. The molecule has 0 bridgehead atoms. The molecule has 2 aromatic rings. The van der Waals surface area contributed by atoms with Crippen LogP contribution in [0.5, 0.6) is 0 Å². The number of aromatic nitrogens is 2. The largest absolute Gasteiger partial charge is 0.338 e. The molecule has 19 heavy (non-hydrogen) atoms. The number of pyridine rings is 1. The fraction of sp³-hybridized carbons (Fsp3) is 0.250. The molecular formula is C12H12ClN3O2S. The molecular weight excluding hydrogens is 286 g/mol. The Morgan fingerprint density at radius 1 is 1.58 bits per heavy atom. The van der Waals surface area contributed by atoms with Gasteiger partial charge in [-0.3, -0.25) is 10.1 Å². The first kappa shape index (κ1) is 13.9. The molecule has 7 heteroatoms. The molecule has 0 fully saturated rings. The zero-order chi connectivity index (χ0) is 13.8. The van der Waals surface area contributed by atoms with E-state index in [0.717, 1.165) is 0 Å². The molecule has 2 rings (SSSR count). The first-order valence-corrected chi connectivity index (χ1v) is 6.83. The minimum atomic E-state index is -0.349. The minimum absolute atomic E-state index is 0.192. The second-order valence-corrected chi connectivity index (χ2v) is 5.61. The SMILES string of the molecule is Cc1cc(NC(=O)C(C)Sc2ncccc2Cl)on1. The van der Waals surface area contributed by atoms with Gasteiger partial charge in [-0.1, -0.05) is 28.5 Å². The van der Waals surface area contributed by atoms with Gasteiger partial charge in [-0.25, -0.2) is 4.98 Å². The number of carbonyl (C=O) groups is 1. The Balaban J connectivity index is 1.98. The fourth-order valence-corrected chi connectivity index (χ4v) is 2.38. The van der Waals surface area contributed by atoms with E-state index >= 15 is 0 Å². The zero-order valence-electron chi connectivity index (χ0n) is 10.4. The van der Waals surface area contributed by atoms with E-state index in [1.165, 1.54) is 11.8 Å². The number of thioether (sulfide) groups is 1. The van der Waals surface area contributed by atoms with E-state index < -0.39 is 0 Å². The molecule has 1 amide bonds. The third-order valence-electron chi connectivity index (χ3n) is 2.26. The maximum Gasteiger partial charge on any atom is 0.240 e. The molecule has 100 valence electrons. The molecule has 2 heterocycles. The second kappa shape index (κ2) is 6.08. The van der Waals surface area contributed by atoms with Gasteiger partial charge in [0.1, 0.15) is 5.03 Å². The number of amides is 1. The Labute approximate surface area is 119 Å². The standard InChI is InChI=1S/C12H12ClN3O2S/c1-7-6-10(18-16-7)15-11(17)8(2)19-12-9(13)4-3-5-14-12/h3-6,8H,1-2H3,(H,15,17). The summed E-state index contributed by atoms with van der Waals surface area (Å²) >= 11 is 7.28. The summed E-state index contributed by atoms with van der Waals surface area (Å²) in [5.41, 5.74) is 0.711. The lowest BCUT2D eigenvalue weighted by molar-refractivity contribution is -0.115. The molecule has 2 aromatic heterocycles. The highest BCUT2D eigenvalue weighted by molar-refractivity contribution is 8.00. The van der Waals surface area contributed by atoms with Crippen LogP contribution >= 0.6 is 23.4 Å². The van der Waals surface area contributed by atoms with Gasteiger partial charge in [0.25, 0.3) is 0 Å². The molecule has 0 aromatic carbocycles. The molecule has 0 saturated carbocycles. The van der Waals surface area contributed by atoms with Gasteiger partial charge < -0.3 is 4.52 Å². The molecule has 0 aliphatic rings. The minimum Gasteiger partial charge on any atom is -0.338 e. The van der Waals surface area contributed by atoms with Gasteiger partial charge in [0.2, 0.25) is 11.8 Å². The van der Waals surface area contributed by atoms with Gasteiger partial charge >= 0.3 is 0 Å².